The molecule has 0 spiro atoms. The summed E-state index contributed by atoms with van der Waals surface area (Å²) in [6.07, 6.45) is 2.92. The van der Waals surface area contributed by atoms with Crippen molar-refractivity contribution in [2.75, 3.05) is 13.1 Å². The maximum atomic E-state index is 12.2. The molecule has 1 aliphatic heterocycles. The van der Waals surface area contributed by atoms with Crippen molar-refractivity contribution >= 4 is 10.0 Å². The molecule has 2 aromatic rings. The van der Waals surface area contributed by atoms with Crippen LogP contribution in [0.15, 0.2) is 27.2 Å². The van der Waals surface area contributed by atoms with Crippen LogP contribution >= 0.6 is 0 Å². The van der Waals surface area contributed by atoms with Crippen LogP contribution in [-0.2, 0) is 10.0 Å². The van der Waals surface area contributed by atoms with Gasteiger partial charge in [0.2, 0.25) is 15.9 Å². The predicted molar refractivity (Wildman–Crippen MR) is 79.6 cm³/mol. The second-order valence-electron chi connectivity index (χ2n) is 5.69. The normalized spacial score (nSPS) is 18.1. The van der Waals surface area contributed by atoms with Gasteiger partial charge in [0.15, 0.2) is 5.76 Å². The molecule has 120 valence electrons. The van der Waals surface area contributed by atoms with Crippen LogP contribution < -0.4 is 0 Å². The highest BCUT2D eigenvalue weighted by atomic mass is 32.2. The fraction of sp³-hybridized carbons (Fsp3) is 0.571. The third-order valence-corrected chi connectivity index (χ3v) is 6.21. The molecule has 1 fully saturated rings. The van der Waals surface area contributed by atoms with Gasteiger partial charge in [0.25, 0.3) is 5.89 Å². The maximum Gasteiger partial charge on any atom is 0.283 e. The van der Waals surface area contributed by atoms with Gasteiger partial charge in [-0.2, -0.15) is 0 Å². The summed E-state index contributed by atoms with van der Waals surface area (Å²) in [5, 5.41) is 7.67. The van der Waals surface area contributed by atoms with Crippen molar-refractivity contribution in [3.05, 3.63) is 24.3 Å². The molecule has 0 saturated carbocycles. The van der Waals surface area contributed by atoms with E-state index in [-0.39, 0.29) is 5.92 Å². The molecule has 22 heavy (non-hydrogen) atoms. The molecule has 3 heterocycles. The zero-order valence-electron chi connectivity index (χ0n) is 12.6. The first-order valence-electron chi connectivity index (χ1n) is 7.34. The number of furan rings is 1. The van der Waals surface area contributed by atoms with Crippen LogP contribution in [0.25, 0.3) is 11.7 Å². The van der Waals surface area contributed by atoms with Gasteiger partial charge in [-0.1, -0.05) is 0 Å². The lowest BCUT2D eigenvalue weighted by molar-refractivity contribution is 0.289. The Labute approximate surface area is 129 Å². The van der Waals surface area contributed by atoms with Gasteiger partial charge in [0.1, 0.15) is 0 Å². The molecule has 3 rings (SSSR count). The Morgan fingerprint density at radius 1 is 1.27 bits per heavy atom. The third-order valence-electron chi connectivity index (χ3n) is 3.93. The topological polar surface area (TPSA) is 89.4 Å². The summed E-state index contributed by atoms with van der Waals surface area (Å²) < 4.78 is 36.7. The highest BCUT2D eigenvalue weighted by Crippen LogP contribution is 2.30. The summed E-state index contributed by atoms with van der Waals surface area (Å²) in [4.78, 5) is 0. The van der Waals surface area contributed by atoms with E-state index in [1.807, 2.05) is 0 Å². The van der Waals surface area contributed by atoms with Gasteiger partial charge >= 0.3 is 0 Å². The van der Waals surface area contributed by atoms with E-state index in [4.69, 9.17) is 8.83 Å². The van der Waals surface area contributed by atoms with E-state index in [2.05, 4.69) is 10.2 Å². The Morgan fingerprint density at radius 3 is 2.59 bits per heavy atom. The van der Waals surface area contributed by atoms with Crippen molar-refractivity contribution in [3.63, 3.8) is 0 Å². The number of nitrogens with zero attached hydrogens (tertiary/aromatic N) is 3. The Balaban J connectivity index is 1.67. The quantitative estimate of drug-likeness (QED) is 0.856. The molecule has 0 N–H and O–H groups in total. The molecule has 7 nitrogen and oxygen atoms in total. The van der Waals surface area contributed by atoms with Gasteiger partial charge in [-0.25, -0.2) is 12.7 Å². The monoisotopic (exact) mass is 325 g/mol. The predicted octanol–water partition coefficient (Wildman–Crippen LogP) is 2.25. The lowest BCUT2D eigenvalue weighted by atomic mass is 9.98. The zero-order valence-corrected chi connectivity index (χ0v) is 13.4. The Morgan fingerprint density at radius 2 is 2.00 bits per heavy atom. The second-order valence-corrected chi connectivity index (χ2v) is 8.18. The van der Waals surface area contributed by atoms with Gasteiger partial charge in [-0.15, -0.1) is 10.2 Å². The van der Waals surface area contributed by atoms with E-state index in [9.17, 15) is 8.42 Å². The highest BCUT2D eigenvalue weighted by Gasteiger charge is 2.32. The minimum atomic E-state index is -3.18. The van der Waals surface area contributed by atoms with Crippen molar-refractivity contribution in [2.24, 2.45) is 0 Å². The van der Waals surface area contributed by atoms with Crippen LogP contribution in [0.4, 0.5) is 0 Å². The van der Waals surface area contributed by atoms with E-state index >= 15 is 0 Å². The van der Waals surface area contributed by atoms with E-state index in [1.165, 1.54) is 0 Å². The van der Waals surface area contributed by atoms with Crippen molar-refractivity contribution in [1.82, 2.24) is 14.5 Å². The molecule has 1 aliphatic rings. The van der Waals surface area contributed by atoms with E-state index in [0.717, 1.165) is 0 Å². The molecule has 8 heteroatoms. The Hall–Kier alpha value is -1.67. The lowest BCUT2D eigenvalue weighted by Gasteiger charge is -2.30. The SMILES string of the molecule is CC(C)S(=O)(=O)N1CCC(c2nnc(-c3ccco3)o2)CC1. The number of piperidine rings is 1. The molecule has 1 saturated heterocycles. The third kappa shape index (κ3) is 2.80. The first kappa shape index (κ1) is 15.2. The summed E-state index contributed by atoms with van der Waals surface area (Å²) in [6, 6.07) is 3.52. The number of aromatic nitrogens is 2. The standard InChI is InChI=1S/C14H19N3O4S/c1-10(2)22(18,19)17-7-5-11(6-8-17)13-15-16-14(21-13)12-4-3-9-20-12/h3-4,9-11H,5-8H2,1-2H3. The van der Waals surface area contributed by atoms with E-state index < -0.39 is 15.3 Å². The smallest absolute Gasteiger partial charge is 0.283 e. The summed E-state index contributed by atoms with van der Waals surface area (Å²) >= 11 is 0. The largest absolute Gasteiger partial charge is 0.459 e. The summed E-state index contributed by atoms with van der Waals surface area (Å²) in [5.41, 5.74) is 0. The Kier molecular flexibility index (Phi) is 4.05. The Bertz CT molecular complexity index is 713. The average Bonchev–Trinajstić information content (AvgIpc) is 3.18. The van der Waals surface area contributed by atoms with E-state index in [1.54, 1.807) is 36.5 Å². The summed E-state index contributed by atoms with van der Waals surface area (Å²) in [7, 11) is -3.18. The van der Waals surface area contributed by atoms with Crippen molar-refractivity contribution < 1.29 is 17.3 Å². The first-order chi connectivity index (χ1) is 10.5. The van der Waals surface area contributed by atoms with E-state index in [0.29, 0.717) is 43.5 Å². The van der Waals surface area contributed by atoms with Crippen LogP contribution in [-0.4, -0.2) is 41.3 Å². The van der Waals surface area contributed by atoms with Crippen LogP contribution in [0.5, 0.6) is 0 Å². The molecule has 0 atom stereocenters. The fourth-order valence-corrected chi connectivity index (χ4v) is 3.87. The minimum absolute atomic E-state index is 0.0924. The zero-order chi connectivity index (χ0) is 15.7. The number of hydrogen-bond donors (Lipinski definition) is 0. The molecule has 0 aliphatic carbocycles. The van der Waals surface area contributed by atoms with Crippen molar-refractivity contribution in [2.45, 2.75) is 37.9 Å². The van der Waals surface area contributed by atoms with Gasteiger partial charge < -0.3 is 8.83 Å². The van der Waals surface area contributed by atoms with Gasteiger partial charge in [0.05, 0.1) is 11.5 Å². The second kappa shape index (κ2) is 5.85. The van der Waals surface area contributed by atoms with Crippen LogP contribution in [0.1, 0.15) is 38.5 Å². The van der Waals surface area contributed by atoms with Crippen LogP contribution in [0.2, 0.25) is 0 Å². The van der Waals surface area contributed by atoms with Crippen LogP contribution in [0.3, 0.4) is 0 Å². The molecular weight excluding hydrogens is 306 g/mol. The average molecular weight is 325 g/mol. The molecule has 0 radical (unpaired) electrons. The number of hydrogen-bond acceptors (Lipinski definition) is 6. The number of sulfonamides is 1. The molecule has 0 bridgehead atoms. The fourth-order valence-electron chi connectivity index (χ4n) is 2.55. The highest BCUT2D eigenvalue weighted by molar-refractivity contribution is 7.89. The lowest BCUT2D eigenvalue weighted by Crippen LogP contribution is -2.41. The maximum absolute atomic E-state index is 12.2. The van der Waals surface area contributed by atoms with Crippen molar-refractivity contribution in [3.8, 4) is 11.7 Å². The number of rotatable bonds is 4. The molecule has 0 unspecified atom stereocenters. The van der Waals surface area contributed by atoms with Gasteiger partial charge in [0, 0.05) is 19.0 Å². The van der Waals surface area contributed by atoms with Crippen LogP contribution in [0, 0.1) is 0 Å². The van der Waals surface area contributed by atoms with Gasteiger partial charge in [-0.3, -0.25) is 0 Å². The molecule has 0 aromatic carbocycles. The molecule has 0 amide bonds. The molecule has 2 aromatic heterocycles. The summed E-state index contributed by atoms with van der Waals surface area (Å²) in [5.74, 6) is 1.54. The first-order valence-corrected chi connectivity index (χ1v) is 8.85. The summed E-state index contributed by atoms with van der Waals surface area (Å²) in [6.45, 7) is 4.39. The minimum Gasteiger partial charge on any atom is -0.459 e. The molecular formula is C14H19N3O4S. The van der Waals surface area contributed by atoms with Crippen molar-refractivity contribution in [1.29, 1.82) is 0 Å². The van der Waals surface area contributed by atoms with Gasteiger partial charge in [-0.05, 0) is 38.8 Å².